The second kappa shape index (κ2) is 5.64. The summed E-state index contributed by atoms with van der Waals surface area (Å²) in [4.78, 5) is 14.7. The van der Waals surface area contributed by atoms with Crippen molar-refractivity contribution in [2.24, 2.45) is 5.73 Å². The van der Waals surface area contributed by atoms with Crippen molar-refractivity contribution in [1.29, 1.82) is 0 Å². The first-order valence-corrected chi connectivity index (χ1v) is 5.86. The predicted octanol–water partition coefficient (Wildman–Crippen LogP) is 1.12. The number of carbonyl (C=O) groups excluding carboxylic acids is 1. The van der Waals surface area contributed by atoms with Crippen LogP contribution in [0.25, 0.3) is 10.9 Å². The first-order chi connectivity index (χ1) is 8.72. The summed E-state index contributed by atoms with van der Waals surface area (Å²) in [6.07, 6.45) is 2.29. The molecule has 96 valence electrons. The fourth-order valence-corrected chi connectivity index (χ4v) is 1.93. The summed E-state index contributed by atoms with van der Waals surface area (Å²) >= 11 is 0. The Bertz CT molecular complexity index is 538. The van der Waals surface area contributed by atoms with Crippen LogP contribution in [0.1, 0.15) is 5.56 Å². The average molecular weight is 249 g/mol. The predicted molar refractivity (Wildman–Crippen MR) is 69.0 cm³/mol. The van der Waals surface area contributed by atoms with E-state index in [1.54, 1.807) is 0 Å². The normalized spacial score (nSPS) is 12.6. The lowest BCUT2D eigenvalue weighted by molar-refractivity contribution is -0.122. The van der Waals surface area contributed by atoms with E-state index >= 15 is 0 Å². The van der Waals surface area contributed by atoms with Gasteiger partial charge in [0.05, 0.1) is 6.04 Å². The molecule has 0 unspecified atom stereocenters. The third-order valence-corrected chi connectivity index (χ3v) is 2.85. The van der Waals surface area contributed by atoms with Gasteiger partial charge in [-0.2, -0.15) is 0 Å². The first kappa shape index (κ1) is 12.6. The highest BCUT2D eigenvalue weighted by atomic mass is 19.1. The molecule has 4 N–H and O–H groups in total. The summed E-state index contributed by atoms with van der Waals surface area (Å²) in [6.45, 7) is -0.564. The highest BCUT2D eigenvalue weighted by Crippen LogP contribution is 2.18. The zero-order chi connectivity index (χ0) is 13.0. The SMILES string of the molecule is N[C@H](Cc1c[nH]c2ccccc12)C(=O)NCCF. The van der Waals surface area contributed by atoms with Gasteiger partial charge in [-0.1, -0.05) is 18.2 Å². The number of alkyl halides is 1. The van der Waals surface area contributed by atoms with Crippen molar-refractivity contribution in [3.63, 3.8) is 0 Å². The van der Waals surface area contributed by atoms with Crippen LogP contribution >= 0.6 is 0 Å². The minimum atomic E-state index is -0.657. The topological polar surface area (TPSA) is 70.9 Å². The van der Waals surface area contributed by atoms with E-state index in [4.69, 9.17) is 5.73 Å². The maximum Gasteiger partial charge on any atom is 0.237 e. The fourth-order valence-electron chi connectivity index (χ4n) is 1.93. The van der Waals surface area contributed by atoms with Gasteiger partial charge in [0.15, 0.2) is 0 Å². The van der Waals surface area contributed by atoms with E-state index in [1.165, 1.54) is 0 Å². The second-order valence-electron chi connectivity index (χ2n) is 4.15. The van der Waals surface area contributed by atoms with Crippen molar-refractivity contribution in [1.82, 2.24) is 10.3 Å². The van der Waals surface area contributed by atoms with E-state index in [9.17, 15) is 9.18 Å². The molecular weight excluding hydrogens is 233 g/mol. The Morgan fingerprint density at radius 2 is 2.22 bits per heavy atom. The number of nitrogens with one attached hydrogen (secondary N) is 2. The second-order valence-corrected chi connectivity index (χ2v) is 4.15. The van der Waals surface area contributed by atoms with Crippen LogP contribution in [0.5, 0.6) is 0 Å². The van der Waals surface area contributed by atoms with Crippen molar-refractivity contribution in [3.05, 3.63) is 36.0 Å². The van der Waals surface area contributed by atoms with Crippen LogP contribution < -0.4 is 11.1 Å². The van der Waals surface area contributed by atoms with Gasteiger partial charge in [0.1, 0.15) is 6.67 Å². The molecule has 1 atom stereocenters. The number of aromatic nitrogens is 1. The Balaban J connectivity index is 2.07. The Morgan fingerprint density at radius 3 is 3.00 bits per heavy atom. The van der Waals surface area contributed by atoms with Gasteiger partial charge in [0, 0.05) is 23.6 Å². The largest absolute Gasteiger partial charge is 0.361 e. The zero-order valence-electron chi connectivity index (χ0n) is 9.95. The summed E-state index contributed by atoms with van der Waals surface area (Å²) in [5, 5.41) is 3.50. The first-order valence-electron chi connectivity index (χ1n) is 5.86. The molecule has 1 aromatic carbocycles. The van der Waals surface area contributed by atoms with Gasteiger partial charge in [-0.15, -0.1) is 0 Å². The maximum atomic E-state index is 11.9. The Kier molecular flexibility index (Phi) is 3.94. The number of nitrogens with two attached hydrogens (primary N) is 1. The van der Waals surface area contributed by atoms with E-state index in [0.29, 0.717) is 6.42 Å². The molecule has 1 heterocycles. The molecule has 0 aliphatic rings. The van der Waals surface area contributed by atoms with Crippen molar-refractivity contribution >= 4 is 16.8 Å². The van der Waals surface area contributed by atoms with Gasteiger partial charge in [-0.05, 0) is 18.1 Å². The van der Waals surface area contributed by atoms with Crippen LogP contribution in [0.3, 0.4) is 0 Å². The molecule has 2 rings (SSSR count). The number of amides is 1. The summed E-state index contributed by atoms with van der Waals surface area (Å²) in [5.74, 6) is -0.321. The number of carbonyl (C=O) groups is 1. The van der Waals surface area contributed by atoms with Gasteiger partial charge < -0.3 is 16.0 Å². The smallest absolute Gasteiger partial charge is 0.237 e. The molecule has 0 saturated carbocycles. The summed E-state index contributed by atoms with van der Waals surface area (Å²) in [7, 11) is 0. The van der Waals surface area contributed by atoms with Crippen LogP contribution in [0, 0.1) is 0 Å². The molecular formula is C13H16FN3O. The summed E-state index contributed by atoms with van der Waals surface area (Å²) < 4.78 is 11.9. The Labute approximate surface area is 104 Å². The molecule has 18 heavy (non-hydrogen) atoms. The van der Waals surface area contributed by atoms with Gasteiger partial charge in [-0.25, -0.2) is 4.39 Å². The molecule has 0 radical (unpaired) electrons. The number of halogens is 1. The zero-order valence-corrected chi connectivity index (χ0v) is 9.95. The van der Waals surface area contributed by atoms with Gasteiger partial charge in [-0.3, -0.25) is 4.79 Å². The van der Waals surface area contributed by atoms with Crippen LogP contribution in [0.4, 0.5) is 4.39 Å². The number of rotatable bonds is 5. The maximum absolute atomic E-state index is 11.9. The number of fused-ring (bicyclic) bond motifs is 1. The van der Waals surface area contributed by atoms with Crippen molar-refractivity contribution in [2.45, 2.75) is 12.5 Å². The molecule has 5 heteroatoms. The van der Waals surface area contributed by atoms with E-state index in [1.807, 2.05) is 30.5 Å². The van der Waals surface area contributed by atoms with Crippen LogP contribution in [0.2, 0.25) is 0 Å². The van der Waals surface area contributed by atoms with Crippen molar-refractivity contribution in [2.75, 3.05) is 13.2 Å². The van der Waals surface area contributed by atoms with Gasteiger partial charge in [0.2, 0.25) is 5.91 Å². The van der Waals surface area contributed by atoms with Gasteiger partial charge in [0.25, 0.3) is 0 Å². The van der Waals surface area contributed by atoms with E-state index in [0.717, 1.165) is 16.5 Å². The monoisotopic (exact) mass is 249 g/mol. The minimum absolute atomic E-state index is 0.0143. The average Bonchev–Trinajstić information content (AvgIpc) is 2.79. The molecule has 2 aromatic rings. The molecule has 1 aromatic heterocycles. The Hall–Kier alpha value is -1.88. The van der Waals surface area contributed by atoms with Crippen LogP contribution in [-0.2, 0) is 11.2 Å². The third kappa shape index (κ3) is 2.68. The molecule has 1 amide bonds. The summed E-state index contributed by atoms with van der Waals surface area (Å²) in [6, 6.07) is 7.17. The highest BCUT2D eigenvalue weighted by molar-refractivity contribution is 5.86. The lowest BCUT2D eigenvalue weighted by Crippen LogP contribution is -2.42. The number of hydrogen-bond donors (Lipinski definition) is 3. The highest BCUT2D eigenvalue weighted by Gasteiger charge is 2.15. The van der Waals surface area contributed by atoms with Crippen LogP contribution in [0.15, 0.2) is 30.5 Å². The lowest BCUT2D eigenvalue weighted by Gasteiger charge is -2.10. The van der Waals surface area contributed by atoms with E-state index in [-0.39, 0.29) is 12.5 Å². The van der Waals surface area contributed by atoms with Crippen molar-refractivity contribution in [3.8, 4) is 0 Å². The number of benzene rings is 1. The molecule has 0 bridgehead atoms. The molecule has 0 aliphatic heterocycles. The third-order valence-electron chi connectivity index (χ3n) is 2.85. The number of para-hydroxylation sites is 1. The number of aromatic amines is 1. The van der Waals surface area contributed by atoms with Crippen LogP contribution in [-0.4, -0.2) is 30.2 Å². The Morgan fingerprint density at radius 1 is 1.44 bits per heavy atom. The van der Waals surface area contributed by atoms with Crippen molar-refractivity contribution < 1.29 is 9.18 Å². The number of hydrogen-bond acceptors (Lipinski definition) is 2. The fraction of sp³-hybridized carbons (Fsp3) is 0.308. The molecule has 0 aliphatic carbocycles. The summed E-state index contributed by atoms with van der Waals surface area (Å²) in [5.41, 5.74) is 7.80. The minimum Gasteiger partial charge on any atom is -0.361 e. The molecule has 0 saturated heterocycles. The molecule has 0 fully saturated rings. The number of H-pyrrole nitrogens is 1. The molecule has 4 nitrogen and oxygen atoms in total. The standard InChI is InChI=1S/C13H16FN3O/c14-5-6-16-13(18)11(15)7-9-8-17-12-4-2-1-3-10(9)12/h1-4,8,11,17H,5-7,15H2,(H,16,18)/t11-/m1/s1. The van der Waals surface area contributed by atoms with E-state index in [2.05, 4.69) is 10.3 Å². The van der Waals surface area contributed by atoms with E-state index < -0.39 is 12.7 Å². The lowest BCUT2D eigenvalue weighted by atomic mass is 10.1. The van der Waals surface area contributed by atoms with Gasteiger partial charge >= 0.3 is 0 Å². The quantitative estimate of drug-likeness (QED) is 0.743. The molecule has 0 spiro atoms.